The van der Waals surface area contributed by atoms with Gasteiger partial charge >= 0.3 is 0 Å². The predicted octanol–water partition coefficient (Wildman–Crippen LogP) is 2.44. The first-order valence-corrected chi connectivity index (χ1v) is 7.25. The predicted molar refractivity (Wildman–Crippen MR) is 86.2 cm³/mol. The number of methoxy groups -OCH3 is 1. The van der Waals surface area contributed by atoms with Gasteiger partial charge in [-0.2, -0.15) is 5.10 Å². The van der Waals surface area contributed by atoms with E-state index >= 15 is 0 Å². The number of nitrogens with zero attached hydrogens (tertiary/aromatic N) is 2. The molecule has 3 rings (SSSR count). The van der Waals surface area contributed by atoms with Gasteiger partial charge in [-0.3, -0.25) is 5.10 Å². The van der Waals surface area contributed by atoms with Gasteiger partial charge in [-0.25, -0.2) is 4.98 Å². The summed E-state index contributed by atoms with van der Waals surface area (Å²) >= 11 is 0. The smallest absolute Gasteiger partial charge is 0.172 e. The first-order chi connectivity index (χ1) is 11.3. The Balaban J connectivity index is 1.65. The van der Waals surface area contributed by atoms with Crippen molar-refractivity contribution in [1.82, 2.24) is 15.2 Å². The molecule has 0 spiro atoms. The van der Waals surface area contributed by atoms with E-state index in [1.54, 1.807) is 7.11 Å². The number of ether oxygens (including phenoxy) is 2. The molecule has 1 atom stereocenters. The monoisotopic (exact) mass is 310 g/mol. The molecule has 0 aliphatic heterocycles. The summed E-state index contributed by atoms with van der Waals surface area (Å²) in [6.45, 7) is 0.312. The average Bonchev–Trinajstić information content (AvgIpc) is 3.09. The molecule has 1 aromatic heterocycles. The molecule has 0 aliphatic carbocycles. The van der Waals surface area contributed by atoms with Gasteiger partial charge in [-0.1, -0.05) is 30.3 Å². The second kappa shape index (κ2) is 6.93. The second-order valence-electron chi connectivity index (χ2n) is 4.99. The Morgan fingerprint density at radius 3 is 2.48 bits per heavy atom. The van der Waals surface area contributed by atoms with Crippen molar-refractivity contribution in [1.29, 1.82) is 0 Å². The van der Waals surface area contributed by atoms with Crippen LogP contribution >= 0.6 is 0 Å². The number of hydrogen-bond donors (Lipinski definition) is 2. The van der Waals surface area contributed by atoms with Crippen LogP contribution in [0.5, 0.6) is 11.5 Å². The van der Waals surface area contributed by atoms with Crippen molar-refractivity contribution in [3.8, 4) is 11.5 Å². The SMILES string of the molecule is COc1ccc(C(N)c2n[nH]c(COc3ccccc3)n2)cc1. The molecule has 1 unspecified atom stereocenters. The summed E-state index contributed by atoms with van der Waals surface area (Å²) in [4.78, 5) is 4.40. The molecule has 0 bridgehead atoms. The van der Waals surface area contributed by atoms with E-state index in [1.807, 2.05) is 54.6 Å². The maximum Gasteiger partial charge on any atom is 0.172 e. The molecule has 0 aliphatic rings. The Bertz CT molecular complexity index is 741. The van der Waals surface area contributed by atoms with Crippen molar-refractivity contribution < 1.29 is 9.47 Å². The summed E-state index contributed by atoms with van der Waals surface area (Å²) in [6.07, 6.45) is 0. The summed E-state index contributed by atoms with van der Waals surface area (Å²) in [5.74, 6) is 2.73. The topological polar surface area (TPSA) is 86.0 Å². The Labute approximate surface area is 134 Å². The third-order valence-electron chi connectivity index (χ3n) is 3.42. The lowest BCUT2D eigenvalue weighted by Crippen LogP contribution is -2.13. The van der Waals surface area contributed by atoms with E-state index in [9.17, 15) is 0 Å². The number of nitrogens with one attached hydrogen (secondary N) is 1. The Hall–Kier alpha value is -2.86. The highest BCUT2D eigenvalue weighted by molar-refractivity contribution is 5.31. The minimum Gasteiger partial charge on any atom is -0.497 e. The zero-order chi connectivity index (χ0) is 16.1. The van der Waals surface area contributed by atoms with Gasteiger partial charge in [0.1, 0.15) is 18.1 Å². The highest BCUT2D eigenvalue weighted by Gasteiger charge is 2.14. The van der Waals surface area contributed by atoms with Crippen LogP contribution in [0.25, 0.3) is 0 Å². The number of rotatable bonds is 6. The molecule has 23 heavy (non-hydrogen) atoms. The van der Waals surface area contributed by atoms with Crippen LogP contribution in [-0.4, -0.2) is 22.3 Å². The molecule has 0 amide bonds. The first-order valence-electron chi connectivity index (χ1n) is 7.25. The summed E-state index contributed by atoms with van der Waals surface area (Å²) < 4.78 is 10.8. The molecule has 0 saturated carbocycles. The minimum atomic E-state index is -0.400. The van der Waals surface area contributed by atoms with Crippen LogP contribution in [-0.2, 0) is 6.61 Å². The Kier molecular flexibility index (Phi) is 4.54. The quantitative estimate of drug-likeness (QED) is 0.730. The first kappa shape index (κ1) is 15.1. The van der Waals surface area contributed by atoms with Crippen LogP contribution in [0.4, 0.5) is 0 Å². The lowest BCUT2D eigenvalue weighted by molar-refractivity contribution is 0.296. The summed E-state index contributed by atoms with van der Waals surface area (Å²) in [6, 6.07) is 16.7. The minimum absolute atomic E-state index is 0.312. The van der Waals surface area contributed by atoms with E-state index in [1.165, 1.54) is 0 Å². The van der Waals surface area contributed by atoms with Gasteiger partial charge in [0.15, 0.2) is 11.6 Å². The summed E-state index contributed by atoms with van der Waals surface area (Å²) in [5, 5.41) is 7.03. The van der Waals surface area contributed by atoms with Gasteiger partial charge in [-0.15, -0.1) is 0 Å². The molecular weight excluding hydrogens is 292 g/mol. The third-order valence-corrected chi connectivity index (χ3v) is 3.42. The van der Waals surface area contributed by atoms with Gasteiger partial charge in [0, 0.05) is 0 Å². The molecule has 118 valence electrons. The summed E-state index contributed by atoms with van der Waals surface area (Å²) in [7, 11) is 1.63. The molecular formula is C17H18N4O2. The number of aromatic nitrogens is 3. The van der Waals surface area contributed by atoms with Crippen molar-refractivity contribution >= 4 is 0 Å². The highest BCUT2D eigenvalue weighted by atomic mass is 16.5. The fraction of sp³-hybridized carbons (Fsp3) is 0.176. The van der Waals surface area contributed by atoms with Crippen LogP contribution in [0, 0.1) is 0 Å². The molecule has 3 aromatic rings. The molecule has 1 heterocycles. The standard InChI is InChI=1S/C17H18N4O2/c1-22-13-9-7-12(8-10-13)16(18)17-19-15(20-21-17)11-23-14-5-3-2-4-6-14/h2-10,16H,11,18H2,1H3,(H,19,20,21). The molecule has 0 fully saturated rings. The molecule has 6 nitrogen and oxygen atoms in total. The third kappa shape index (κ3) is 3.67. The van der Waals surface area contributed by atoms with Gasteiger partial charge in [0.05, 0.1) is 13.2 Å². The van der Waals surface area contributed by atoms with Crippen molar-refractivity contribution in [2.45, 2.75) is 12.6 Å². The van der Waals surface area contributed by atoms with E-state index in [4.69, 9.17) is 15.2 Å². The van der Waals surface area contributed by atoms with E-state index < -0.39 is 6.04 Å². The highest BCUT2D eigenvalue weighted by Crippen LogP contribution is 2.20. The van der Waals surface area contributed by atoms with Crippen LogP contribution in [0.3, 0.4) is 0 Å². The van der Waals surface area contributed by atoms with Gasteiger partial charge in [-0.05, 0) is 29.8 Å². The van der Waals surface area contributed by atoms with Crippen molar-refractivity contribution in [2.75, 3.05) is 7.11 Å². The van der Waals surface area contributed by atoms with Gasteiger partial charge < -0.3 is 15.2 Å². The fourth-order valence-electron chi connectivity index (χ4n) is 2.14. The van der Waals surface area contributed by atoms with Crippen LogP contribution in [0.2, 0.25) is 0 Å². The largest absolute Gasteiger partial charge is 0.497 e. The average molecular weight is 310 g/mol. The van der Waals surface area contributed by atoms with E-state index in [-0.39, 0.29) is 0 Å². The zero-order valence-corrected chi connectivity index (χ0v) is 12.8. The van der Waals surface area contributed by atoms with Gasteiger partial charge in [0.25, 0.3) is 0 Å². The van der Waals surface area contributed by atoms with Crippen molar-refractivity contribution in [3.05, 3.63) is 71.8 Å². The summed E-state index contributed by atoms with van der Waals surface area (Å²) in [5.41, 5.74) is 7.12. The van der Waals surface area contributed by atoms with Gasteiger partial charge in [0.2, 0.25) is 0 Å². The number of benzene rings is 2. The molecule has 2 aromatic carbocycles. The maximum atomic E-state index is 6.20. The number of nitrogens with two attached hydrogens (primary N) is 1. The Morgan fingerprint density at radius 1 is 1.04 bits per heavy atom. The van der Waals surface area contributed by atoms with Crippen molar-refractivity contribution in [2.24, 2.45) is 5.73 Å². The maximum absolute atomic E-state index is 6.20. The van der Waals surface area contributed by atoms with Crippen LogP contribution in [0.15, 0.2) is 54.6 Å². The van der Waals surface area contributed by atoms with E-state index in [0.717, 1.165) is 17.1 Å². The molecule has 3 N–H and O–H groups in total. The zero-order valence-electron chi connectivity index (χ0n) is 12.8. The number of H-pyrrole nitrogens is 1. The molecule has 0 saturated heterocycles. The second-order valence-corrected chi connectivity index (χ2v) is 4.99. The lowest BCUT2D eigenvalue weighted by Gasteiger charge is -2.08. The van der Waals surface area contributed by atoms with E-state index in [0.29, 0.717) is 18.3 Å². The van der Waals surface area contributed by atoms with Crippen LogP contribution < -0.4 is 15.2 Å². The Morgan fingerprint density at radius 2 is 1.78 bits per heavy atom. The normalized spacial score (nSPS) is 11.9. The fourth-order valence-corrected chi connectivity index (χ4v) is 2.14. The number of para-hydroxylation sites is 1. The number of aromatic amines is 1. The molecule has 6 heteroatoms. The van der Waals surface area contributed by atoms with Crippen LogP contribution in [0.1, 0.15) is 23.3 Å². The lowest BCUT2D eigenvalue weighted by atomic mass is 10.1. The van der Waals surface area contributed by atoms with E-state index in [2.05, 4.69) is 15.2 Å². The van der Waals surface area contributed by atoms with Crippen molar-refractivity contribution in [3.63, 3.8) is 0 Å². The number of hydrogen-bond acceptors (Lipinski definition) is 5. The molecule has 0 radical (unpaired) electrons.